The molecule has 0 fully saturated rings. The molecule has 0 bridgehead atoms. The Morgan fingerprint density at radius 3 is 2.90 bits per heavy atom. The molecule has 0 aliphatic rings. The molecule has 0 radical (unpaired) electrons. The van der Waals surface area contributed by atoms with Gasteiger partial charge in [-0.15, -0.1) is 0 Å². The summed E-state index contributed by atoms with van der Waals surface area (Å²) >= 11 is 0. The van der Waals surface area contributed by atoms with Gasteiger partial charge in [0.2, 0.25) is 0 Å². The van der Waals surface area contributed by atoms with Crippen LogP contribution in [0.4, 0.5) is 11.5 Å². The van der Waals surface area contributed by atoms with Crippen molar-refractivity contribution in [2.75, 3.05) is 11.1 Å². The fraction of sp³-hybridized carbons (Fsp3) is 0.0769. The maximum atomic E-state index is 6.09. The van der Waals surface area contributed by atoms with Crippen LogP contribution in [-0.4, -0.2) is 24.5 Å². The van der Waals surface area contributed by atoms with Gasteiger partial charge in [-0.1, -0.05) is 6.07 Å². The van der Waals surface area contributed by atoms with Gasteiger partial charge in [0, 0.05) is 31.3 Å². The van der Waals surface area contributed by atoms with E-state index < -0.39 is 0 Å². The Hall–Kier alpha value is -2.96. The van der Waals surface area contributed by atoms with Crippen molar-refractivity contribution < 1.29 is 0 Å². The van der Waals surface area contributed by atoms with E-state index in [1.807, 2.05) is 12.1 Å². The molecule has 3 rings (SSSR count). The normalized spacial score (nSPS) is 10.4. The molecule has 100 valence electrons. The van der Waals surface area contributed by atoms with Gasteiger partial charge in [-0.05, 0) is 11.6 Å². The molecule has 7 heteroatoms. The number of nitrogens with zero attached hydrogens (tertiary/aromatic N) is 5. The molecule has 0 amide bonds. The lowest BCUT2D eigenvalue weighted by molar-refractivity contribution is 0.969. The largest absolute Gasteiger partial charge is 0.393 e. The number of hydrogen-bond donors (Lipinski definition) is 2. The van der Waals surface area contributed by atoms with E-state index in [1.165, 1.54) is 6.33 Å². The minimum absolute atomic E-state index is 0.481. The summed E-state index contributed by atoms with van der Waals surface area (Å²) in [5.74, 6) is 1.19. The molecule has 3 N–H and O–H groups in total. The molecule has 0 atom stereocenters. The molecule has 20 heavy (non-hydrogen) atoms. The summed E-state index contributed by atoms with van der Waals surface area (Å²) in [6.07, 6.45) is 10.1. The smallest absolute Gasteiger partial charge is 0.166 e. The minimum atomic E-state index is 0.481. The lowest BCUT2D eigenvalue weighted by Crippen LogP contribution is -2.09. The average molecular weight is 267 g/mol. The summed E-state index contributed by atoms with van der Waals surface area (Å²) in [5.41, 5.74) is 7.62. The first kappa shape index (κ1) is 12.1. The van der Waals surface area contributed by atoms with Gasteiger partial charge in [-0.25, -0.2) is 15.0 Å². The van der Waals surface area contributed by atoms with Crippen molar-refractivity contribution in [3.63, 3.8) is 0 Å². The van der Waals surface area contributed by atoms with Crippen molar-refractivity contribution in [3.8, 4) is 5.82 Å². The van der Waals surface area contributed by atoms with Gasteiger partial charge in [0.1, 0.15) is 18.3 Å². The Bertz CT molecular complexity index is 679. The third-order valence-electron chi connectivity index (χ3n) is 2.79. The molecule has 7 nitrogen and oxygen atoms in total. The van der Waals surface area contributed by atoms with Crippen molar-refractivity contribution in [2.24, 2.45) is 0 Å². The first-order valence-electron chi connectivity index (χ1n) is 6.06. The van der Waals surface area contributed by atoms with Gasteiger partial charge in [-0.2, -0.15) is 0 Å². The van der Waals surface area contributed by atoms with Gasteiger partial charge in [0.05, 0.1) is 0 Å². The summed E-state index contributed by atoms with van der Waals surface area (Å²) in [6.45, 7) is 0.596. The number of pyridine rings is 1. The quantitative estimate of drug-likeness (QED) is 0.738. The zero-order valence-corrected chi connectivity index (χ0v) is 10.6. The van der Waals surface area contributed by atoms with Crippen LogP contribution >= 0.6 is 0 Å². The molecule has 0 aliphatic carbocycles. The second kappa shape index (κ2) is 5.35. The first-order valence-corrected chi connectivity index (χ1v) is 6.06. The van der Waals surface area contributed by atoms with Crippen molar-refractivity contribution in [1.29, 1.82) is 0 Å². The van der Waals surface area contributed by atoms with Crippen molar-refractivity contribution in [3.05, 3.63) is 55.1 Å². The SMILES string of the molecule is Nc1c(NCc2cccnc2)ncnc1-n1ccnc1. The second-order valence-corrected chi connectivity index (χ2v) is 4.14. The summed E-state index contributed by atoms with van der Waals surface area (Å²) in [6, 6.07) is 3.87. The van der Waals surface area contributed by atoms with E-state index in [2.05, 4.69) is 25.3 Å². The third-order valence-corrected chi connectivity index (χ3v) is 2.79. The van der Waals surface area contributed by atoms with E-state index in [4.69, 9.17) is 5.73 Å². The third kappa shape index (κ3) is 2.41. The maximum Gasteiger partial charge on any atom is 0.166 e. The van der Waals surface area contributed by atoms with Gasteiger partial charge < -0.3 is 11.1 Å². The lowest BCUT2D eigenvalue weighted by Gasteiger charge is -2.11. The molecule has 0 saturated heterocycles. The zero-order chi connectivity index (χ0) is 13.8. The van der Waals surface area contributed by atoms with Gasteiger partial charge in [0.15, 0.2) is 11.6 Å². The van der Waals surface area contributed by atoms with E-state index in [9.17, 15) is 0 Å². The Labute approximate surface area is 115 Å². The predicted octanol–water partition coefficient (Wildman–Crippen LogP) is 1.25. The topological polar surface area (TPSA) is 94.5 Å². The zero-order valence-electron chi connectivity index (χ0n) is 10.6. The number of rotatable bonds is 4. The minimum Gasteiger partial charge on any atom is -0.393 e. The van der Waals surface area contributed by atoms with Crippen LogP contribution in [0.5, 0.6) is 0 Å². The number of nitrogens with two attached hydrogens (primary N) is 1. The van der Waals surface area contributed by atoms with Gasteiger partial charge >= 0.3 is 0 Å². The highest BCUT2D eigenvalue weighted by molar-refractivity contribution is 5.69. The van der Waals surface area contributed by atoms with E-state index in [-0.39, 0.29) is 0 Å². The average Bonchev–Trinajstić information content (AvgIpc) is 3.01. The van der Waals surface area contributed by atoms with Crippen LogP contribution in [0.15, 0.2) is 49.6 Å². The number of anilines is 2. The fourth-order valence-corrected chi connectivity index (χ4v) is 1.81. The predicted molar refractivity (Wildman–Crippen MR) is 75.1 cm³/mol. The number of nitrogens with one attached hydrogen (secondary N) is 1. The molecule has 0 unspecified atom stereocenters. The maximum absolute atomic E-state index is 6.09. The van der Waals surface area contributed by atoms with Crippen molar-refractivity contribution in [1.82, 2.24) is 24.5 Å². The Morgan fingerprint density at radius 1 is 1.20 bits per heavy atom. The van der Waals surface area contributed by atoms with E-state index in [0.717, 1.165) is 5.56 Å². The summed E-state index contributed by atoms with van der Waals surface area (Å²) < 4.78 is 1.74. The second-order valence-electron chi connectivity index (χ2n) is 4.14. The molecule has 0 aromatic carbocycles. The summed E-state index contributed by atoms with van der Waals surface area (Å²) in [4.78, 5) is 16.4. The van der Waals surface area contributed by atoms with Gasteiger partial charge in [-0.3, -0.25) is 9.55 Å². The van der Waals surface area contributed by atoms with Crippen LogP contribution in [-0.2, 0) is 6.54 Å². The van der Waals surface area contributed by atoms with Crippen LogP contribution < -0.4 is 11.1 Å². The standard InChI is InChI=1S/C13H13N7/c14-11-12(17-7-10-2-1-3-15-6-10)18-8-19-13(11)20-5-4-16-9-20/h1-6,8-9H,7,14H2,(H,17,18,19). The van der Waals surface area contributed by atoms with Gasteiger partial charge in [0.25, 0.3) is 0 Å². The highest BCUT2D eigenvalue weighted by atomic mass is 15.1. The molecule has 0 spiro atoms. The molecular formula is C13H13N7. The lowest BCUT2D eigenvalue weighted by atomic mass is 10.3. The van der Waals surface area contributed by atoms with E-state index in [0.29, 0.717) is 23.9 Å². The highest BCUT2D eigenvalue weighted by Crippen LogP contribution is 2.21. The molecule has 0 aliphatic heterocycles. The monoisotopic (exact) mass is 267 g/mol. The fourth-order valence-electron chi connectivity index (χ4n) is 1.81. The van der Waals surface area contributed by atoms with Crippen molar-refractivity contribution in [2.45, 2.75) is 6.54 Å². The molecule has 3 aromatic rings. The Morgan fingerprint density at radius 2 is 2.15 bits per heavy atom. The molecule has 3 aromatic heterocycles. The number of nitrogen functional groups attached to an aromatic ring is 1. The molecular weight excluding hydrogens is 254 g/mol. The van der Waals surface area contributed by atoms with Crippen LogP contribution in [0.25, 0.3) is 5.82 Å². The number of imidazole rings is 1. The van der Waals surface area contributed by atoms with Crippen LogP contribution in [0.1, 0.15) is 5.56 Å². The summed E-state index contributed by atoms with van der Waals surface area (Å²) in [7, 11) is 0. The van der Waals surface area contributed by atoms with E-state index >= 15 is 0 Å². The molecule has 0 saturated carbocycles. The van der Waals surface area contributed by atoms with Crippen LogP contribution in [0.2, 0.25) is 0 Å². The number of aromatic nitrogens is 5. The van der Waals surface area contributed by atoms with E-state index in [1.54, 1.807) is 35.7 Å². The van der Waals surface area contributed by atoms with Crippen LogP contribution in [0.3, 0.4) is 0 Å². The molecule has 3 heterocycles. The summed E-state index contributed by atoms with van der Waals surface area (Å²) in [5, 5.41) is 3.18. The number of hydrogen-bond acceptors (Lipinski definition) is 6. The Kier molecular flexibility index (Phi) is 3.24. The Balaban J connectivity index is 1.82. The van der Waals surface area contributed by atoms with Crippen LogP contribution in [0, 0.1) is 0 Å². The highest BCUT2D eigenvalue weighted by Gasteiger charge is 2.09. The first-order chi connectivity index (χ1) is 9.84. The van der Waals surface area contributed by atoms with Crippen molar-refractivity contribution >= 4 is 11.5 Å².